The molecule has 0 atom stereocenters. The van der Waals surface area contributed by atoms with Gasteiger partial charge in [-0.1, -0.05) is 0 Å². The highest BCUT2D eigenvalue weighted by molar-refractivity contribution is 7.89. The highest BCUT2D eigenvalue weighted by Crippen LogP contribution is 2.32. The largest absolute Gasteiger partial charge is 0.356 e. The third-order valence-electron chi connectivity index (χ3n) is 5.36. The zero-order valence-corrected chi connectivity index (χ0v) is 16.7. The molecule has 0 radical (unpaired) electrons. The molecule has 0 unspecified atom stereocenters. The Kier molecular flexibility index (Phi) is 5.66. The first kappa shape index (κ1) is 19.6. The number of nitrogens with one attached hydrogen (secondary N) is 2. The van der Waals surface area contributed by atoms with Gasteiger partial charge in [0.05, 0.1) is 11.1 Å². The minimum atomic E-state index is -3.17. The average molecular weight is 395 g/mol. The maximum Gasteiger partial charge on any atom is 0.326 e. The zero-order valence-electron chi connectivity index (χ0n) is 15.8. The van der Waals surface area contributed by atoms with Crippen LogP contribution >= 0.6 is 0 Å². The Bertz CT molecular complexity index is 918. The Balaban J connectivity index is 1.75. The summed E-state index contributed by atoms with van der Waals surface area (Å²) in [6.07, 6.45) is 6.70. The number of carbonyl (C=O) groups is 1. The highest BCUT2D eigenvalue weighted by Gasteiger charge is 2.28. The fourth-order valence-electron chi connectivity index (χ4n) is 3.77. The van der Waals surface area contributed by atoms with E-state index in [2.05, 4.69) is 24.9 Å². The van der Waals surface area contributed by atoms with E-state index in [0.717, 1.165) is 36.9 Å². The van der Waals surface area contributed by atoms with Gasteiger partial charge in [-0.25, -0.2) is 27.9 Å². The summed E-state index contributed by atoms with van der Waals surface area (Å²) in [6, 6.07) is 1.88. The number of rotatable bonds is 5. The molecular weight excluding hydrogens is 368 g/mol. The van der Waals surface area contributed by atoms with Crippen molar-refractivity contribution in [3.8, 4) is 0 Å². The van der Waals surface area contributed by atoms with Crippen LogP contribution in [-0.4, -0.2) is 61.9 Å². The van der Waals surface area contributed by atoms with Gasteiger partial charge in [0.25, 0.3) is 0 Å². The van der Waals surface area contributed by atoms with Crippen LogP contribution in [0.3, 0.4) is 0 Å². The monoisotopic (exact) mass is 394 g/mol. The smallest absolute Gasteiger partial charge is 0.326 e. The van der Waals surface area contributed by atoms with E-state index in [0.29, 0.717) is 5.65 Å². The number of amides is 1. The molecule has 1 aliphatic rings. The predicted octanol–water partition coefficient (Wildman–Crippen LogP) is 1.16. The molecule has 27 heavy (non-hydrogen) atoms. The van der Waals surface area contributed by atoms with E-state index in [9.17, 15) is 13.2 Å². The Morgan fingerprint density at radius 1 is 1.26 bits per heavy atom. The van der Waals surface area contributed by atoms with Crippen molar-refractivity contribution in [3.63, 3.8) is 0 Å². The van der Waals surface area contributed by atoms with Crippen LogP contribution < -0.4 is 14.9 Å². The van der Waals surface area contributed by atoms with Crippen molar-refractivity contribution in [3.05, 3.63) is 18.6 Å². The van der Waals surface area contributed by atoms with Gasteiger partial charge in [-0.05, 0) is 44.7 Å². The van der Waals surface area contributed by atoms with Gasteiger partial charge in [0.15, 0.2) is 5.65 Å². The number of hydrogen-bond acceptors (Lipinski definition) is 6. The van der Waals surface area contributed by atoms with Crippen molar-refractivity contribution in [2.75, 3.05) is 31.8 Å². The lowest BCUT2D eigenvalue weighted by molar-refractivity contribution is 0.245. The molecule has 0 aliphatic heterocycles. The van der Waals surface area contributed by atoms with E-state index >= 15 is 0 Å². The van der Waals surface area contributed by atoms with E-state index in [1.165, 1.54) is 17.9 Å². The topological polar surface area (TPSA) is 109 Å². The number of nitrogens with zero attached hydrogens (tertiary/aromatic N) is 4. The van der Waals surface area contributed by atoms with E-state index < -0.39 is 10.0 Å². The number of aromatic nitrogens is 3. The van der Waals surface area contributed by atoms with Crippen LogP contribution in [0.5, 0.6) is 0 Å². The van der Waals surface area contributed by atoms with Gasteiger partial charge in [-0.15, -0.1) is 0 Å². The lowest BCUT2D eigenvalue weighted by Gasteiger charge is -2.35. The first-order valence-corrected chi connectivity index (χ1v) is 10.7. The second-order valence-electron chi connectivity index (χ2n) is 6.95. The van der Waals surface area contributed by atoms with Crippen molar-refractivity contribution < 1.29 is 13.2 Å². The van der Waals surface area contributed by atoms with E-state index in [4.69, 9.17) is 0 Å². The molecule has 0 spiro atoms. The molecule has 148 valence electrons. The summed E-state index contributed by atoms with van der Waals surface area (Å²) in [5.41, 5.74) is 0.569. The molecule has 2 aromatic heterocycles. The summed E-state index contributed by atoms with van der Waals surface area (Å²) in [5, 5.41) is 3.42. The molecule has 1 fully saturated rings. The van der Waals surface area contributed by atoms with Crippen LogP contribution in [0.1, 0.15) is 25.7 Å². The Hall–Kier alpha value is -2.20. The fraction of sp³-hybridized carbons (Fsp3) is 0.588. The standard InChI is InChI=1S/C17H26N6O3S/c1-18-17(24)23-9-8-14-15(20-11-21-16(14)23)22(3)13-6-4-12(5-7-13)10-27(25,26)19-2/h8-9,11-13,19H,4-7,10H2,1-3H3,(H,18,24). The van der Waals surface area contributed by atoms with E-state index in [1.54, 1.807) is 13.2 Å². The molecule has 1 saturated carbocycles. The molecule has 1 aliphatic carbocycles. The molecular formula is C17H26N6O3S. The van der Waals surface area contributed by atoms with Gasteiger partial charge in [0.2, 0.25) is 10.0 Å². The second kappa shape index (κ2) is 7.81. The number of hydrogen-bond donors (Lipinski definition) is 2. The third kappa shape index (κ3) is 4.06. The summed E-state index contributed by atoms with van der Waals surface area (Å²) < 4.78 is 27.4. The summed E-state index contributed by atoms with van der Waals surface area (Å²) in [5.74, 6) is 1.16. The fourth-order valence-corrected chi connectivity index (χ4v) is 4.89. The SMILES string of the molecule is CNC(=O)n1ccc2c(N(C)C3CCC(CS(=O)(=O)NC)CC3)ncnc21. The lowest BCUT2D eigenvalue weighted by atomic mass is 9.86. The number of anilines is 1. The first-order valence-electron chi connectivity index (χ1n) is 9.04. The zero-order chi connectivity index (χ0) is 19.6. The molecule has 0 bridgehead atoms. The van der Waals surface area contributed by atoms with E-state index in [1.807, 2.05) is 13.1 Å². The molecule has 0 aromatic carbocycles. The van der Waals surface area contributed by atoms with Crippen LogP contribution in [0, 0.1) is 5.92 Å². The Morgan fingerprint density at radius 2 is 1.96 bits per heavy atom. The molecule has 0 saturated heterocycles. The molecule has 2 N–H and O–H groups in total. The third-order valence-corrected chi connectivity index (χ3v) is 6.89. The first-order chi connectivity index (χ1) is 12.9. The average Bonchev–Trinajstić information content (AvgIpc) is 3.11. The Labute approximate surface area is 159 Å². The maximum atomic E-state index is 12.0. The predicted molar refractivity (Wildman–Crippen MR) is 104 cm³/mol. The minimum Gasteiger partial charge on any atom is -0.356 e. The molecule has 10 heteroatoms. The van der Waals surface area contributed by atoms with Gasteiger partial charge >= 0.3 is 6.03 Å². The van der Waals surface area contributed by atoms with Gasteiger partial charge < -0.3 is 10.2 Å². The molecule has 1 amide bonds. The molecule has 9 nitrogen and oxygen atoms in total. The normalized spacial score (nSPS) is 20.6. The van der Waals surface area contributed by atoms with E-state index in [-0.39, 0.29) is 23.7 Å². The second-order valence-corrected chi connectivity index (χ2v) is 8.92. The van der Waals surface area contributed by atoms with Crippen molar-refractivity contribution in [1.29, 1.82) is 0 Å². The minimum absolute atomic E-state index is 0.187. The highest BCUT2D eigenvalue weighted by atomic mass is 32.2. The quantitative estimate of drug-likeness (QED) is 0.788. The van der Waals surface area contributed by atoms with Crippen LogP contribution in [0.25, 0.3) is 11.0 Å². The van der Waals surface area contributed by atoms with Gasteiger partial charge in [0, 0.05) is 26.3 Å². The summed E-state index contributed by atoms with van der Waals surface area (Å²) in [4.78, 5) is 22.8. The number of carbonyl (C=O) groups excluding carboxylic acids is 1. The molecule has 2 heterocycles. The summed E-state index contributed by atoms with van der Waals surface area (Å²) in [7, 11) is 1.86. The van der Waals surface area contributed by atoms with Crippen LogP contribution in [-0.2, 0) is 10.0 Å². The van der Waals surface area contributed by atoms with Gasteiger partial charge in [-0.2, -0.15) is 0 Å². The van der Waals surface area contributed by atoms with Crippen LogP contribution in [0.15, 0.2) is 18.6 Å². The molecule has 3 rings (SSSR count). The van der Waals surface area contributed by atoms with Gasteiger partial charge in [-0.3, -0.25) is 4.57 Å². The molecule has 2 aromatic rings. The maximum absolute atomic E-state index is 12.0. The van der Waals surface area contributed by atoms with Crippen molar-refractivity contribution in [2.45, 2.75) is 31.7 Å². The summed E-state index contributed by atoms with van der Waals surface area (Å²) >= 11 is 0. The van der Waals surface area contributed by atoms with Crippen LogP contribution in [0.2, 0.25) is 0 Å². The Morgan fingerprint density at radius 3 is 2.59 bits per heavy atom. The van der Waals surface area contributed by atoms with Crippen molar-refractivity contribution in [2.24, 2.45) is 5.92 Å². The lowest BCUT2D eigenvalue weighted by Crippen LogP contribution is -2.38. The van der Waals surface area contributed by atoms with Crippen molar-refractivity contribution in [1.82, 2.24) is 24.6 Å². The number of fused-ring (bicyclic) bond motifs is 1. The van der Waals surface area contributed by atoms with Crippen LogP contribution in [0.4, 0.5) is 10.6 Å². The number of sulfonamides is 1. The summed E-state index contributed by atoms with van der Waals surface area (Å²) in [6.45, 7) is 0. The van der Waals surface area contributed by atoms with Crippen molar-refractivity contribution >= 4 is 32.9 Å². The van der Waals surface area contributed by atoms with Gasteiger partial charge in [0.1, 0.15) is 12.1 Å².